The van der Waals surface area contributed by atoms with E-state index >= 15 is 0 Å². The van der Waals surface area contributed by atoms with Crippen molar-refractivity contribution in [2.75, 3.05) is 11.1 Å². The van der Waals surface area contributed by atoms with Crippen molar-refractivity contribution in [1.29, 1.82) is 0 Å². The molecule has 0 aliphatic heterocycles. The second-order valence-corrected chi connectivity index (χ2v) is 6.84. The van der Waals surface area contributed by atoms with Gasteiger partial charge in [-0.3, -0.25) is 9.59 Å². The number of nitrogens with one attached hydrogen (secondary N) is 1. The molecule has 128 valence electrons. The molecule has 1 heterocycles. The Labute approximate surface area is 146 Å². The van der Waals surface area contributed by atoms with E-state index in [1.807, 2.05) is 17.5 Å². The largest absolute Gasteiger partial charge is 0.452 e. The number of anilines is 1. The molecule has 0 bridgehead atoms. The zero-order valence-electron chi connectivity index (χ0n) is 12.8. The summed E-state index contributed by atoms with van der Waals surface area (Å²) >= 11 is 3.00. The number of thioether (sulfide) groups is 1. The number of rotatable bonds is 7. The number of hydrogen-bond acceptors (Lipinski definition) is 5. The summed E-state index contributed by atoms with van der Waals surface area (Å²) in [6.45, 7) is 1.41. The first kappa shape index (κ1) is 18.4. The van der Waals surface area contributed by atoms with Gasteiger partial charge in [0.25, 0.3) is 5.91 Å². The van der Waals surface area contributed by atoms with E-state index in [-0.39, 0.29) is 11.4 Å². The van der Waals surface area contributed by atoms with E-state index in [2.05, 4.69) is 5.32 Å². The number of carbonyl (C=O) groups is 2. The van der Waals surface area contributed by atoms with E-state index < -0.39 is 29.6 Å². The molecule has 1 aromatic heterocycles. The number of halogens is 2. The van der Waals surface area contributed by atoms with Crippen LogP contribution in [0.25, 0.3) is 0 Å². The number of ether oxygens (including phenoxy) is 1. The molecule has 8 heteroatoms. The number of hydrogen-bond donors (Lipinski definition) is 1. The molecule has 0 unspecified atom stereocenters. The fourth-order valence-electron chi connectivity index (χ4n) is 1.73. The van der Waals surface area contributed by atoms with Crippen molar-refractivity contribution in [3.05, 3.63) is 52.2 Å². The Bertz CT molecular complexity index is 707. The van der Waals surface area contributed by atoms with Crippen molar-refractivity contribution in [2.24, 2.45) is 0 Å². The van der Waals surface area contributed by atoms with E-state index in [0.29, 0.717) is 5.75 Å². The van der Waals surface area contributed by atoms with Gasteiger partial charge < -0.3 is 10.1 Å². The molecule has 0 spiro atoms. The Balaban J connectivity index is 1.75. The molecule has 0 fully saturated rings. The van der Waals surface area contributed by atoms with Crippen LogP contribution in [0.15, 0.2) is 35.7 Å². The lowest BCUT2D eigenvalue weighted by molar-refractivity contribution is -0.150. The average molecular weight is 371 g/mol. The zero-order valence-corrected chi connectivity index (χ0v) is 14.4. The molecule has 4 nitrogen and oxygen atoms in total. The van der Waals surface area contributed by atoms with Gasteiger partial charge in [0, 0.05) is 22.4 Å². The maximum absolute atomic E-state index is 13.1. The van der Waals surface area contributed by atoms with Crippen molar-refractivity contribution in [3.8, 4) is 0 Å². The van der Waals surface area contributed by atoms with Crippen LogP contribution in [0, 0.1) is 11.6 Å². The first-order valence-electron chi connectivity index (χ1n) is 7.01. The number of benzene rings is 1. The van der Waals surface area contributed by atoms with E-state index in [1.54, 1.807) is 11.3 Å². The van der Waals surface area contributed by atoms with E-state index in [0.717, 1.165) is 17.0 Å². The monoisotopic (exact) mass is 371 g/mol. The quantitative estimate of drug-likeness (QED) is 0.752. The molecule has 2 aromatic rings. The molecule has 1 aromatic carbocycles. The lowest BCUT2D eigenvalue weighted by Gasteiger charge is -2.13. The standard InChI is InChI=1S/C16H15F2NO3S2/c1-10(16(21)19-11-4-5-13(17)14(18)7-11)22-15(20)9-23-8-12-3-2-6-24-12/h2-7,10H,8-9H2,1H3,(H,19,21)/t10-/m0/s1. The normalized spacial score (nSPS) is 11.8. The van der Waals surface area contributed by atoms with Crippen molar-refractivity contribution in [3.63, 3.8) is 0 Å². The molecule has 0 saturated carbocycles. The highest BCUT2D eigenvalue weighted by Crippen LogP contribution is 2.17. The summed E-state index contributed by atoms with van der Waals surface area (Å²) in [6, 6.07) is 6.90. The third kappa shape index (κ3) is 5.61. The summed E-state index contributed by atoms with van der Waals surface area (Å²) in [6.07, 6.45) is -1.03. The topological polar surface area (TPSA) is 55.4 Å². The zero-order chi connectivity index (χ0) is 17.5. The van der Waals surface area contributed by atoms with Gasteiger partial charge in [0.2, 0.25) is 0 Å². The average Bonchev–Trinajstić information content (AvgIpc) is 3.04. The molecular weight excluding hydrogens is 356 g/mol. The van der Waals surface area contributed by atoms with E-state index in [4.69, 9.17) is 4.74 Å². The van der Waals surface area contributed by atoms with Gasteiger partial charge >= 0.3 is 5.97 Å². The molecule has 1 amide bonds. The van der Waals surface area contributed by atoms with E-state index in [1.165, 1.54) is 24.8 Å². The van der Waals surface area contributed by atoms with Gasteiger partial charge in [-0.15, -0.1) is 23.1 Å². The van der Waals surface area contributed by atoms with Crippen LogP contribution < -0.4 is 5.32 Å². The second-order valence-electron chi connectivity index (χ2n) is 4.82. The van der Waals surface area contributed by atoms with Crippen LogP contribution in [0.5, 0.6) is 0 Å². The lowest BCUT2D eigenvalue weighted by Crippen LogP contribution is -2.30. The molecule has 0 radical (unpaired) electrons. The summed E-state index contributed by atoms with van der Waals surface area (Å²) in [4.78, 5) is 24.8. The molecule has 1 atom stereocenters. The summed E-state index contributed by atoms with van der Waals surface area (Å²) in [5, 5.41) is 4.32. The molecular formula is C16H15F2NO3S2. The fraction of sp³-hybridized carbons (Fsp3) is 0.250. The maximum Gasteiger partial charge on any atom is 0.316 e. The second kappa shape index (κ2) is 8.79. The van der Waals surface area contributed by atoms with Crippen LogP contribution in [0.2, 0.25) is 0 Å². The Hall–Kier alpha value is -1.93. The van der Waals surface area contributed by atoms with Crippen molar-refractivity contribution in [1.82, 2.24) is 0 Å². The molecule has 0 saturated heterocycles. The predicted molar refractivity (Wildman–Crippen MR) is 91.0 cm³/mol. The van der Waals surface area contributed by atoms with Gasteiger partial charge in [0.05, 0.1) is 5.75 Å². The molecule has 1 N–H and O–H groups in total. The summed E-state index contributed by atoms with van der Waals surface area (Å²) in [5.74, 6) is -2.37. The van der Waals surface area contributed by atoms with Crippen LogP contribution in [-0.2, 0) is 20.1 Å². The first-order valence-corrected chi connectivity index (χ1v) is 9.04. The minimum atomic E-state index is -1.07. The SMILES string of the molecule is C[C@H](OC(=O)CSCc1cccs1)C(=O)Nc1ccc(F)c(F)c1. The summed E-state index contributed by atoms with van der Waals surface area (Å²) in [5.41, 5.74) is 0.0915. The van der Waals surface area contributed by atoms with Crippen molar-refractivity contribution < 1.29 is 23.1 Å². The van der Waals surface area contributed by atoms with Gasteiger partial charge in [-0.05, 0) is 30.5 Å². The summed E-state index contributed by atoms with van der Waals surface area (Å²) in [7, 11) is 0. The molecule has 24 heavy (non-hydrogen) atoms. The Morgan fingerprint density at radius 1 is 1.29 bits per heavy atom. The molecule has 0 aliphatic rings. The smallest absolute Gasteiger partial charge is 0.316 e. The Morgan fingerprint density at radius 2 is 2.08 bits per heavy atom. The third-order valence-electron chi connectivity index (χ3n) is 2.91. The van der Waals surface area contributed by atoms with Crippen LogP contribution >= 0.6 is 23.1 Å². The first-order chi connectivity index (χ1) is 11.5. The Morgan fingerprint density at radius 3 is 2.75 bits per heavy atom. The van der Waals surface area contributed by atoms with E-state index in [9.17, 15) is 18.4 Å². The predicted octanol–water partition coefficient (Wildman–Crippen LogP) is 3.83. The minimum absolute atomic E-state index is 0.0915. The number of thiophene rings is 1. The number of amides is 1. The number of carbonyl (C=O) groups excluding carboxylic acids is 2. The van der Waals surface area contributed by atoms with Crippen LogP contribution in [0.4, 0.5) is 14.5 Å². The highest BCUT2D eigenvalue weighted by Gasteiger charge is 2.18. The van der Waals surface area contributed by atoms with Gasteiger partial charge in [-0.1, -0.05) is 6.07 Å². The molecule has 2 rings (SSSR count). The van der Waals surface area contributed by atoms with Crippen LogP contribution in [0.1, 0.15) is 11.8 Å². The van der Waals surface area contributed by atoms with Crippen molar-refractivity contribution >= 4 is 40.7 Å². The Kier molecular flexibility index (Phi) is 6.74. The lowest BCUT2D eigenvalue weighted by atomic mass is 10.3. The highest BCUT2D eigenvalue weighted by atomic mass is 32.2. The van der Waals surface area contributed by atoms with Gasteiger partial charge in [0.15, 0.2) is 17.7 Å². The fourth-order valence-corrected chi connectivity index (χ4v) is 3.38. The van der Waals surface area contributed by atoms with Crippen LogP contribution in [0.3, 0.4) is 0 Å². The van der Waals surface area contributed by atoms with Gasteiger partial charge in [-0.25, -0.2) is 8.78 Å². The highest BCUT2D eigenvalue weighted by molar-refractivity contribution is 7.99. The molecule has 0 aliphatic carbocycles. The van der Waals surface area contributed by atoms with Gasteiger partial charge in [-0.2, -0.15) is 0 Å². The number of esters is 1. The minimum Gasteiger partial charge on any atom is -0.452 e. The van der Waals surface area contributed by atoms with Gasteiger partial charge in [0.1, 0.15) is 0 Å². The third-order valence-corrected chi connectivity index (χ3v) is 4.92. The maximum atomic E-state index is 13.1. The van der Waals surface area contributed by atoms with Crippen molar-refractivity contribution in [2.45, 2.75) is 18.8 Å². The van der Waals surface area contributed by atoms with Crippen LogP contribution in [-0.4, -0.2) is 23.7 Å². The summed E-state index contributed by atoms with van der Waals surface area (Å²) < 4.78 is 30.9.